The van der Waals surface area contributed by atoms with Gasteiger partial charge in [-0.1, -0.05) is 41.4 Å². The zero-order valence-electron chi connectivity index (χ0n) is 10.8. The van der Waals surface area contributed by atoms with Crippen LogP contribution in [0.4, 0.5) is 0 Å². The summed E-state index contributed by atoms with van der Waals surface area (Å²) in [5.41, 5.74) is 1.87. The zero-order chi connectivity index (χ0) is 14.5. The molecule has 0 bridgehead atoms. The Kier molecular flexibility index (Phi) is 4.43. The molecule has 102 valence electrons. The van der Waals surface area contributed by atoms with Crippen molar-refractivity contribution in [2.24, 2.45) is 0 Å². The Morgan fingerprint density at radius 2 is 1.70 bits per heavy atom. The first-order chi connectivity index (χ1) is 9.54. The van der Waals surface area contributed by atoms with E-state index in [1.807, 2.05) is 31.2 Å². The van der Waals surface area contributed by atoms with E-state index in [1.54, 1.807) is 24.3 Å². The molecule has 4 heteroatoms. The fourth-order valence-corrected chi connectivity index (χ4v) is 1.70. The first kappa shape index (κ1) is 14.2. The van der Waals surface area contributed by atoms with Crippen LogP contribution in [0.3, 0.4) is 0 Å². The Balaban J connectivity index is 2.25. The minimum absolute atomic E-state index is 0.142. The maximum absolute atomic E-state index is 11.2. The molecular formula is C16H13ClO3. The predicted molar refractivity (Wildman–Crippen MR) is 78.9 cm³/mol. The number of ether oxygens (including phenoxy) is 1. The zero-order valence-corrected chi connectivity index (χ0v) is 11.6. The number of aliphatic carboxylic acids is 1. The normalized spacial score (nSPS) is 11.2. The topological polar surface area (TPSA) is 46.5 Å². The van der Waals surface area contributed by atoms with E-state index in [4.69, 9.17) is 16.3 Å². The van der Waals surface area contributed by atoms with Crippen LogP contribution < -0.4 is 4.74 Å². The SMILES string of the molecule is Cc1ccc(/C=C(/Oc2ccc(Cl)cc2)C(=O)O)cc1. The molecule has 0 heterocycles. The Bertz CT molecular complexity index is 628. The van der Waals surface area contributed by atoms with Crippen molar-refractivity contribution in [2.75, 3.05) is 0 Å². The second kappa shape index (κ2) is 6.26. The van der Waals surface area contributed by atoms with Gasteiger partial charge in [0.1, 0.15) is 5.75 Å². The summed E-state index contributed by atoms with van der Waals surface area (Å²) >= 11 is 5.77. The van der Waals surface area contributed by atoms with E-state index in [1.165, 1.54) is 6.08 Å². The molecule has 0 radical (unpaired) electrons. The summed E-state index contributed by atoms with van der Waals surface area (Å²) in [6.07, 6.45) is 1.48. The third-order valence-electron chi connectivity index (χ3n) is 2.63. The third-order valence-corrected chi connectivity index (χ3v) is 2.88. The van der Waals surface area contributed by atoms with E-state index in [-0.39, 0.29) is 5.76 Å². The highest BCUT2D eigenvalue weighted by atomic mass is 35.5. The van der Waals surface area contributed by atoms with E-state index in [9.17, 15) is 9.90 Å². The average Bonchev–Trinajstić information content (AvgIpc) is 2.42. The van der Waals surface area contributed by atoms with Gasteiger partial charge in [-0.05, 0) is 42.8 Å². The lowest BCUT2D eigenvalue weighted by molar-refractivity contribution is -0.134. The number of carbonyl (C=O) groups is 1. The van der Waals surface area contributed by atoms with Crippen molar-refractivity contribution in [3.05, 3.63) is 70.4 Å². The first-order valence-corrected chi connectivity index (χ1v) is 6.37. The van der Waals surface area contributed by atoms with Gasteiger partial charge in [-0.25, -0.2) is 4.79 Å². The van der Waals surface area contributed by atoms with E-state index < -0.39 is 5.97 Å². The van der Waals surface area contributed by atoms with Crippen LogP contribution in [0.2, 0.25) is 5.02 Å². The molecule has 0 saturated carbocycles. The van der Waals surface area contributed by atoms with Crippen LogP contribution in [0.1, 0.15) is 11.1 Å². The largest absolute Gasteiger partial charge is 0.475 e. The minimum atomic E-state index is -1.12. The van der Waals surface area contributed by atoms with Crippen molar-refractivity contribution < 1.29 is 14.6 Å². The molecule has 3 nitrogen and oxygen atoms in total. The molecule has 2 aromatic rings. The second-order valence-corrected chi connectivity index (χ2v) is 4.72. The quantitative estimate of drug-likeness (QED) is 0.679. The van der Waals surface area contributed by atoms with E-state index in [0.717, 1.165) is 11.1 Å². The summed E-state index contributed by atoms with van der Waals surface area (Å²) in [4.78, 5) is 11.2. The maximum atomic E-state index is 11.2. The number of hydrogen-bond donors (Lipinski definition) is 1. The highest BCUT2D eigenvalue weighted by Gasteiger charge is 2.10. The molecule has 0 amide bonds. The fourth-order valence-electron chi connectivity index (χ4n) is 1.58. The molecule has 0 saturated heterocycles. The highest BCUT2D eigenvalue weighted by molar-refractivity contribution is 6.30. The molecule has 0 aromatic heterocycles. The van der Waals surface area contributed by atoms with Crippen LogP contribution in [0.5, 0.6) is 5.75 Å². The number of hydrogen-bond acceptors (Lipinski definition) is 2. The molecule has 2 aromatic carbocycles. The summed E-state index contributed by atoms with van der Waals surface area (Å²) in [6.45, 7) is 1.97. The Labute approximate surface area is 122 Å². The lowest BCUT2D eigenvalue weighted by Gasteiger charge is -2.06. The van der Waals surface area contributed by atoms with E-state index in [2.05, 4.69) is 0 Å². The summed E-state index contributed by atoms with van der Waals surface area (Å²) in [5, 5.41) is 9.75. The van der Waals surface area contributed by atoms with Crippen molar-refractivity contribution in [1.29, 1.82) is 0 Å². The van der Waals surface area contributed by atoms with Crippen molar-refractivity contribution in [3.63, 3.8) is 0 Å². The molecular weight excluding hydrogens is 276 g/mol. The van der Waals surface area contributed by atoms with Gasteiger partial charge in [0.15, 0.2) is 0 Å². The molecule has 0 spiro atoms. The van der Waals surface area contributed by atoms with Gasteiger partial charge in [-0.2, -0.15) is 0 Å². The summed E-state index contributed by atoms with van der Waals surface area (Å²) in [5.74, 6) is -0.841. The number of benzene rings is 2. The number of halogens is 1. The smallest absolute Gasteiger partial charge is 0.371 e. The van der Waals surface area contributed by atoms with Crippen molar-refractivity contribution in [2.45, 2.75) is 6.92 Å². The van der Waals surface area contributed by atoms with Gasteiger partial charge in [0.2, 0.25) is 5.76 Å². The van der Waals surface area contributed by atoms with Crippen LogP contribution >= 0.6 is 11.6 Å². The van der Waals surface area contributed by atoms with Crippen molar-refractivity contribution >= 4 is 23.6 Å². The van der Waals surface area contributed by atoms with Gasteiger partial charge in [0.05, 0.1) is 0 Å². The van der Waals surface area contributed by atoms with Gasteiger partial charge < -0.3 is 9.84 Å². The van der Waals surface area contributed by atoms with Crippen LogP contribution in [-0.2, 0) is 4.79 Å². The Hall–Kier alpha value is -2.26. The van der Waals surface area contributed by atoms with Crippen LogP contribution in [-0.4, -0.2) is 11.1 Å². The lowest BCUT2D eigenvalue weighted by atomic mass is 10.1. The molecule has 0 aliphatic rings. The van der Waals surface area contributed by atoms with Gasteiger partial charge in [0.25, 0.3) is 0 Å². The average molecular weight is 289 g/mol. The number of carboxylic acid groups (broad SMARTS) is 1. The second-order valence-electron chi connectivity index (χ2n) is 4.28. The van der Waals surface area contributed by atoms with Crippen molar-refractivity contribution in [3.8, 4) is 5.75 Å². The van der Waals surface area contributed by atoms with Crippen LogP contribution in [0.25, 0.3) is 6.08 Å². The summed E-state index contributed by atoms with van der Waals surface area (Å²) in [7, 11) is 0. The Morgan fingerprint density at radius 3 is 2.25 bits per heavy atom. The van der Waals surface area contributed by atoms with Gasteiger partial charge in [-0.15, -0.1) is 0 Å². The number of rotatable bonds is 4. The molecule has 0 aliphatic heterocycles. The molecule has 20 heavy (non-hydrogen) atoms. The maximum Gasteiger partial charge on any atom is 0.371 e. The first-order valence-electron chi connectivity index (χ1n) is 6.00. The lowest BCUT2D eigenvalue weighted by Crippen LogP contribution is -2.07. The fraction of sp³-hybridized carbons (Fsp3) is 0.0625. The standard InChI is InChI=1S/C16H13ClO3/c1-11-2-4-12(5-3-11)10-15(16(18)19)20-14-8-6-13(17)7-9-14/h2-10H,1H3,(H,18,19)/b15-10+. The van der Waals surface area contributed by atoms with Gasteiger partial charge in [-0.3, -0.25) is 0 Å². The van der Waals surface area contributed by atoms with Crippen LogP contribution in [0, 0.1) is 6.92 Å². The molecule has 0 atom stereocenters. The molecule has 2 rings (SSSR count). The third kappa shape index (κ3) is 3.87. The summed E-state index contributed by atoms with van der Waals surface area (Å²) in [6, 6.07) is 14.0. The van der Waals surface area contributed by atoms with Gasteiger partial charge in [0, 0.05) is 5.02 Å². The molecule has 0 unspecified atom stereocenters. The monoisotopic (exact) mass is 288 g/mol. The molecule has 1 N–H and O–H groups in total. The number of aryl methyl sites for hydroxylation is 1. The van der Waals surface area contributed by atoms with E-state index >= 15 is 0 Å². The Morgan fingerprint density at radius 1 is 1.10 bits per heavy atom. The number of carboxylic acids is 1. The van der Waals surface area contributed by atoms with E-state index in [0.29, 0.717) is 10.8 Å². The van der Waals surface area contributed by atoms with Crippen molar-refractivity contribution in [1.82, 2.24) is 0 Å². The molecule has 0 aliphatic carbocycles. The van der Waals surface area contributed by atoms with Gasteiger partial charge >= 0.3 is 5.97 Å². The summed E-state index contributed by atoms with van der Waals surface area (Å²) < 4.78 is 5.37. The van der Waals surface area contributed by atoms with Crippen LogP contribution in [0.15, 0.2) is 54.3 Å². The predicted octanol–water partition coefficient (Wildman–Crippen LogP) is 4.15. The highest BCUT2D eigenvalue weighted by Crippen LogP contribution is 2.19. The minimum Gasteiger partial charge on any atom is -0.475 e. The molecule has 0 fully saturated rings.